The number of carbonyl (C=O) groups excluding carboxylic acids is 6. The highest BCUT2D eigenvalue weighted by Crippen LogP contribution is 2.33. The molecule has 5 atom stereocenters. The average Bonchev–Trinajstić information content (AvgIpc) is 3.95. The van der Waals surface area contributed by atoms with Gasteiger partial charge >= 0.3 is 24.1 Å². The monoisotopic (exact) mass is 993 g/mol. The number of ether oxygens (including phenoxy) is 2. The number of thioether (sulfide) groups is 2. The van der Waals surface area contributed by atoms with E-state index in [4.69, 9.17) is 42.3 Å². The molecule has 29 heteroatoms. The van der Waals surface area contributed by atoms with Gasteiger partial charge in [-0.2, -0.15) is 24.9 Å². The fraction of sp³-hybridized carbons (Fsp3) is 0.632. The Bertz CT molecular complexity index is 2090. The Morgan fingerprint density at radius 1 is 0.985 bits per heavy atom. The number of primary amides is 1. The smallest absolute Gasteiger partial charge is 0.475 e. The number of H-pyrrole nitrogens is 1. The number of nitrogens with one attached hydrogen (secondary N) is 6. The van der Waals surface area contributed by atoms with E-state index in [0.29, 0.717) is 49.4 Å². The SMILES string of the molecule is NC(=O)[C@H](CSCC(=O)OCCOCn1cnc2c(=O)[nH]c(N)cc21)NC(=O)C(CCCN=C(N)N)NC(=O)CCCCCNC(=O)CCCC[C@@H]1SC[C@@H]2NC(=O)N[C@@H]21.O=C(O)C(F)(F)F. The number of hydrogen-bond acceptors (Lipinski definition) is 15. The summed E-state index contributed by atoms with van der Waals surface area (Å²) >= 11 is 2.88. The molecule has 2 saturated heterocycles. The van der Waals surface area contributed by atoms with E-state index in [-0.39, 0.29) is 98.1 Å². The van der Waals surface area contributed by atoms with E-state index >= 15 is 0 Å². The van der Waals surface area contributed by atoms with Crippen molar-refractivity contribution in [3.8, 4) is 0 Å². The fourth-order valence-corrected chi connectivity index (χ4v) is 8.95. The predicted molar refractivity (Wildman–Crippen MR) is 241 cm³/mol. The number of imidazole rings is 1. The van der Waals surface area contributed by atoms with Gasteiger partial charge in [0.05, 0.1) is 36.3 Å². The van der Waals surface area contributed by atoms with Gasteiger partial charge in [-0.1, -0.05) is 12.8 Å². The molecule has 0 saturated carbocycles. The van der Waals surface area contributed by atoms with Crippen LogP contribution >= 0.6 is 23.5 Å². The molecular weight excluding hydrogens is 936 g/mol. The van der Waals surface area contributed by atoms with Gasteiger partial charge in [-0.05, 0) is 38.5 Å². The fourth-order valence-electron chi connectivity index (χ4n) is 6.56. The number of carboxylic acid groups (broad SMARTS) is 1. The normalized spacial score (nSPS) is 17.1. The average molecular weight is 994 g/mol. The van der Waals surface area contributed by atoms with Crippen molar-refractivity contribution < 1.29 is 61.3 Å². The van der Waals surface area contributed by atoms with Crippen molar-refractivity contribution in [1.29, 1.82) is 0 Å². The second-order valence-electron chi connectivity index (χ2n) is 15.1. The number of halogens is 3. The van der Waals surface area contributed by atoms with E-state index in [1.165, 1.54) is 6.33 Å². The molecule has 24 nitrogen and oxygen atoms in total. The molecule has 2 aliphatic rings. The molecule has 374 valence electrons. The zero-order valence-electron chi connectivity index (χ0n) is 36.4. The number of nitrogens with two attached hydrogens (primary N) is 4. The molecule has 2 fully saturated rings. The van der Waals surface area contributed by atoms with Crippen LogP contribution in [0.2, 0.25) is 0 Å². The van der Waals surface area contributed by atoms with Crippen LogP contribution in [0, 0.1) is 0 Å². The number of aliphatic imine (C=N–C) groups is 1. The quantitative estimate of drug-likeness (QED) is 0.0162. The zero-order valence-corrected chi connectivity index (χ0v) is 38.0. The second-order valence-corrected chi connectivity index (χ2v) is 17.4. The Kier molecular flexibility index (Phi) is 23.4. The van der Waals surface area contributed by atoms with Gasteiger partial charge < -0.3 is 73.6 Å². The number of hydrogen-bond donors (Lipinski definition) is 11. The van der Waals surface area contributed by atoms with Gasteiger partial charge in [0.15, 0.2) is 11.5 Å². The van der Waals surface area contributed by atoms with Crippen molar-refractivity contribution in [3.05, 3.63) is 22.7 Å². The number of carbonyl (C=O) groups is 7. The minimum Gasteiger partial charge on any atom is -0.475 e. The second kappa shape index (κ2) is 28.3. The lowest BCUT2D eigenvalue weighted by Crippen LogP contribution is -2.53. The number of aliphatic carboxylic acids is 1. The maximum atomic E-state index is 13.3. The van der Waals surface area contributed by atoms with Gasteiger partial charge in [0.2, 0.25) is 23.6 Å². The molecule has 2 aromatic heterocycles. The topological polar surface area (TPSA) is 385 Å². The highest BCUT2D eigenvalue weighted by molar-refractivity contribution is 8.00. The van der Waals surface area contributed by atoms with E-state index in [1.807, 2.05) is 11.8 Å². The highest BCUT2D eigenvalue weighted by atomic mass is 32.2. The number of carboxylic acids is 1. The summed E-state index contributed by atoms with van der Waals surface area (Å²) < 4.78 is 44.0. The minimum atomic E-state index is -5.08. The van der Waals surface area contributed by atoms with Crippen LogP contribution in [0.4, 0.5) is 23.8 Å². The van der Waals surface area contributed by atoms with Crippen LogP contribution in [-0.4, -0.2) is 146 Å². The molecule has 0 spiro atoms. The lowest BCUT2D eigenvalue weighted by atomic mass is 10.0. The predicted octanol–water partition coefficient (Wildman–Crippen LogP) is -0.898. The van der Waals surface area contributed by atoms with Crippen molar-refractivity contribution >= 4 is 87.9 Å². The molecular formula is C38H58F3N13O11S2. The van der Waals surface area contributed by atoms with Crippen molar-refractivity contribution in [1.82, 2.24) is 41.1 Å². The Hall–Kier alpha value is -5.97. The molecule has 0 bridgehead atoms. The summed E-state index contributed by atoms with van der Waals surface area (Å²) in [7, 11) is 0. The number of aromatic amines is 1. The van der Waals surface area contributed by atoms with Gasteiger partial charge in [-0.25, -0.2) is 14.6 Å². The van der Waals surface area contributed by atoms with Crippen LogP contribution in [-0.2, 0) is 45.0 Å². The largest absolute Gasteiger partial charge is 0.490 e. The number of alkyl halides is 3. The van der Waals surface area contributed by atoms with Crippen LogP contribution in [0.5, 0.6) is 0 Å². The number of nitrogen functional groups attached to an aromatic ring is 1. The number of aromatic nitrogens is 3. The highest BCUT2D eigenvalue weighted by Gasteiger charge is 2.42. The molecule has 0 aliphatic carbocycles. The molecule has 2 aromatic rings. The first-order valence-electron chi connectivity index (χ1n) is 21.1. The van der Waals surface area contributed by atoms with E-state index in [9.17, 15) is 46.7 Å². The molecule has 67 heavy (non-hydrogen) atoms. The van der Waals surface area contributed by atoms with E-state index in [1.54, 1.807) is 10.6 Å². The lowest BCUT2D eigenvalue weighted by molar-refractivity contribution is -0.192. The summed E-state index contributed by atoms with van der Waals surface area (Å²) in [6.07, 6.45) is 1.94. The molecule has 0 aromatic carbocycles. The first-order valence-corrected chi connectivity index (χ1v) is 23.3. The van der Waals surface area contributed by atoms with Crippen LogP contribution in [0.25, 0.3) is 11.0 Å². The third-order valence-electron chi connectivity index (χ3n) is 9.85. The standard InChI is InChI=1S/C36H57N13O9S2.C2HF3O2/c37-26-15-24-31(34(55)47-26)43-19-49(24)20-57-13-14-58-29(52)18-59-16-23(32(38)53)45-33(54)21(7-6-12-42-35(39)40)44-28(51)10-2-1-5-11-41-27(50)9-4-3-8-25-30-22(17-60-25)46-36(56)48-30;3-2(4,5)1(6)7/h15,19,21-23,25,30H,1-14,16-18,20H2,(H2,38,53)(H,41,50)(H,44,51)(H,45,54)(H3,37,47,55)(H4,39,40,42)(H2,46,48,56);(H,6,7)/t21?,22-,23-,25-,30-;/m0./s1. The van der Waals surface area contributed by atoms with Crippen molar-refractivity contribution in [2.75, 3.05) is 49.3 Å². The summed E-state index contributed by atoms with van der Waals surface area (Å²) in [5.41, 5.74) is 22.3. The molecule has 6 amide bonds. The number of fused-ring (bicyclic) bond motifs is 2. The number of pyridine rings is 1. The van der Waals surface area contributed by atoms with Crippen molar-refractivity contribution in [3.63, 3.8) is 0 Å². The number of amides is 6. The molecule has 2 aliphatic heterocycles. The molecule has 4 rings (SSSR count). The number of anilines is 1. The Morgan fingerprint density at radius 2 is 1.70 bits per heavy atom. The molecule has 0 radical (unpaired) electrons. The first kappa shape index (κ1) is 55.4. The summed E-state index contributed by atoms with van der Waals surface area (Å²) in [6, 6.07) is -0.358. The molecule has 15 N–H and O–H groups in total. The number of esters is 1. The summed E-state index contributed by atoms with van der Waals surface area (Å²) in [6.45, 7) is 0.723. The number of rotatable bonds is 28. The van der Waals surface area contributed by atoms with Gasteiger partial charge in [0.25, 0.3) is 5.56 Å². The molecule has 4 heterocycles. The van der Waals surface area contributed by atoms with Gasteiger partial charge in [0, 0.05) is 48.8 Å². The number of guanidine groups is 1. The summed E-state index contributed by atoms with van der Waals surface area (Å²) in [4.78, 5) is 106. The Labute approximate surface area is 390 Å². The van der Waals surface area contributed by atoms with Crippen LogP contribution in [0.3, 0.4) is 0 Å². The number of urea groups is 1. The maximum absolute atomic E-state index is 13.3. The van der Waals surface area contributed by atoms with Gasteiger partial charge in [-0.15, -0.1) is 11.8 Å². The molecule has 1 unspecified atom stereocenters. The van der Waals surface area contributed by atoms with E-state index < -0.39 is 47.6 Å². The third-order valence-corrected chi connectivity index (χ3v) is 12.4. The first-order chi connectivity index (χ1) is 31.7. The summed E-state index contributed by atoms with van der Waals surface area (Å²) in [5.74, 6) is -4.39. The number of nitrogens with zero attached hydrogens (tertiary/aromatic N) is 3. The van der Waals surface area contributed by atoms with Gasteiger partial charge in [0.1, 0.15) is 31.2 Å². The van der Waals surface area contributed by atoms with E-state index in [2.05, 4.69) is 41.5 Å². The van der Waals surface area contributed by atoms with Gasteiger partial charge in [-0.3, -0.25) is 33.8 Å². The summed E-state index contributed by atoms with van der Waals surface area (Å²) in [5, 5.41) is 21.6. The van der Waals surface area contributed by atoms with Crippen LogP contribution < -0.4 is 55.1 Å². The number of unbranched alkanes of at least 4 members (excludes halogenated alkanes) is 3. The van der Waals surface area contributed by atoms with Crippen molar-refractivity contribution in [2.45, 2.75) is 107 Å². The minimum absolute atomic E-state index is 0.0193. The van der Waals surface area contributed by atoms with E-state index in [0.717, 1.165) is 36.8 Å². The zero-order chi connectivity index (χ0) is 49.5. The Morgan fingerprint density at radius 3 is 2.40 bits per heavy atom. The lowest BCUT2D eigenvalue weighted by Gasteiger charge is -2.22. The van der Waals surface area contributed by atoms with Crippen LogP contribution in [0.1, 0.15) is 64.2 Å². The third kappa shape index (κ3) is 20.6. The maximum Gasteiger partial charge on any atom is 0.490 e. The van der Waals surface area contributed by atoms with Crippen LogP contribution in [0.15, 0.2) is 22.2 Å². The van der Waals surface area contributed by atoms with Crippen molar-refractivity contribution in [2.24, 2.45) is 22.2 Å². The Balaban J connectivity index is 0.00000157.